The molecule has 3 amide bonds. The Kier molecular flexibility index (Phi) is 6.37. The van der Waals surface area contributed by atoms with Gasteiger partial charge >= 0.3 is 0 Å². The van der Waals surface area contributed by atoms with E-state index in [4.69, 9.17) is 0 Å². The van der Waals surface area contributed by atoms with Crippen molar-refractivity contribution >= 4 is 17.7 Å². The Bertz CT molecular complexity index is 1380. The molecular weight excluding hydrogens is 518 g/mol. The van der Waals surface area contributed by atoms with Crippen LogP contribution in [-0.4, -0.2) is 58.8 Å². The van der Waals surface area contributed by atoms with Crippen molar-refractivity contribution in [3.05, 3.63) is 59.7 Å². The summed E-state index contributed by atoms with van der Waals surface area (Å²) in [4.78, 5) is 41.4. The standard InChI is InChI=1S/C30H30F2N4O4/c31-29(32)12-11-21-24(29)16-36(25(21)27(38)35-18(15-33)14-17-6-5-13-34-26(17)37)28(39)30(40)22-9-3-1-7-19(22)20-8-2-4-10-23(20)30/h1-4,7-10,17-18,21,24-25,40H,5-6,11-14,16H2,(H,34,37)(H,35,38)/t17-,18+,21+,24+,25-/m1/s1. The van der Waals surface area contributed by atoms with Crippen LogP contribution in [0.2, 0.25) is 0 Å². The number of carbonyl (C=O) groups is 3. The molecule has 10 heteroatoms. The predicted octanol–water partition coefficient (Wildman–Crippen LogP) is 2.70. The fourth-order valence-electron chi connectivity index (χ4n) is 7.20. The third-order valence-corrected chi connectivity index (χ3v) is 9.16. The second-order valence-corrected chi connectivity index (χ2v) is 11.3. The van der Waals surface area contributed by atoms with Gasteiger partial charge in [-0.05, 0) is 42.7 Å². The molecule has 2 aromatic rings. The lowest BCUT2D eigenvalue weighted by Crippen LogP contribution is -2.56. The maximum atomic E-state index is 15.0. The van der Waals surface area contributed by atoms with Crippen LogP contribution in [-0.2, 0) is 20.0 Å². The van der Waals surface area contributed by atoms with E-state index in [1.165, 1.54) is 0 Å². The molecule has 8 nitrogen and oxygen atoms in total. The summed E-state index contributed by atoms with van der Waals surface area (Å²) in [7, 11) is 0. The molecule has 6 rings (SSSR count). The molecule has 3 fully saturated rings. The van der Waals surface area contributed by atoms with Crippen molar-refractivity contribution < 1.29 is 28.3 Å². The highest BCUT2D eigenvalue weighted by Gasteiger charge is 2.63. The number of nitriles is 1. The van der Waals surface area contributed by atoms with Crippen molar-refractivity contribution in [1.29, 1.82) is 5.26 Å². The van der Waals surface area contributed by atoms with Crippen LogP contribution in [0.15, 0.2) is 48.5 Å². The lowest BCUT2D eigenvalue weighted by Gasteiger charge is -2.34. The topological polar surface area (TPSA) is 123 Å². The van der Waals surface area contributed by atoms with Gasteiger partial charge in [0.15, 0.2) is 5.60 Å². The molecule has 0 unspecified atom stereocenters. The summed E-state index contributed by atoms with van der Waals surface area (Å²) < 4.78 is 30.0. The summed E-state index contributed by atoms with van der Waals surface area (Å²) in [6.45, 7) is 0.175. The third kappa shape index (κ3) is 3.98. The molecule has 208 valence electrons. The summed E-state index contributed by atoms with van der Waals surface area (Å²) in [5.74, 6) is -7.33. The van der Waals surface area contributed by atoms with Crippen molar-refractivity contribution in [2.24, 2.45) is 17.8 Å². The number of nitrogens with zero attached hydrogens (tertiary/aromatic N) is 2. The molecule has 2 aliphatic carbocycles. The van der Waals surface area contributed by atoms with Gasteiger partial charge in [-0.3, -0.25) is 14.4 Å². The molecule has 2 heterocycles. The summed E-state index contributed by atoms with van der Waals surface area (Å²) >= 11 is 0. The molecule has 3 N–H and O–H groups in total. The van der Waals surface area contributed by atoms with Gasteiger partial charge in [0.1, 0.15) is 12.1 Å². The number of fused-ring (bicyclic) bond motifs is 4. The maximum absolute atomic E-state index is 15.0. The van der Waals surface area contributed by atoms with Crippen LogP contribution in [0, 0.1) is 29.1 Å². The van der Waals surface area contributed by atoms with E-state index in [9.17, 15) is 33.5 Å². The third-order valence-electron chi connectivity index (χ3n) is 9.16. The number of hydrogen-bond donors (Lipinski definition) is 3. The van der Waals surface area contributed by atoms with Crippen LogP contribution < -0.4 is 10.6 Å². The van der Waals surface area contributed by atoms with Crippen molar-refractivity contribution in [3.63, 3.8) is 0 Å². The van der Waals surface area contributed by atoms with Gasteiger partial charge in [0.05, 0.1) is 6.07 Å². The predicted molar refractivity (Wildman–Crippen MR) is 139 cm³/mol. The SMILES string of the molecule is N#C[C@H](C[C@H]1CCCNC1=O)NC(=O)[C@H]1[C@H]2CCC(F)(F)[C@H]2CN1C(=O)C1(O)c2ccccc2-c2ccccc21. The number of hydrogen-bond acceptors (Lipinski definition) is 5. The normalized spacial score (nSPS) is 28.1. The number of likely N-dealkylation sites (tertiary alicyclic amines) is 1. The molecule has 2 saturated heterocycles. The second kappa shape index (κ2) is 9.66. The first-order valence-corrected chi connectivity index (χ1v) is 13.7. The fraction of sp³-hybridized carbons (Fsp3) is 0.467. The number of halogens is 2. The highest BCUT2D eigenvalue weighted by atomic mass is 19.3. The zero-order valence-corrected chi connectivity index (χ0v) is 21.8. The molecule has 40 heavy (non-hydrogen) atoms. The zero-order valence-electron chi connectivity index (χ0n) is 21.8. The number of carbonyl (C=O) groups excluding carboxylic acids is 3. The zero-order chi connectivity index (χ0) is 28.2. The molecule has 2 aromatic carbocycles. The molecule has 5 atom stereocenters. The second-order valence-electron chi connectivity index (χ2n) is 11.3. The highest BCUT2D eigenvalue weighted by Crippen LogP contribution is 2.54. The van der Waals surface area contributed by atoms with Crippen LogP contribution in [0.25, 0.3) is 11.1 Å². The summed E-state index contributed by atoms with van der Waals surface area (Å²) in [5, 5.41) is 27.3. The van der Waals surface area contributed by atoms with E-state index in [2.05, 4.69) is 10.6 Å². The van der Waals surface area contributed by atoms with Gasteiger partial charge in [-0.15, -0.1) is 0 Å². The monoisotopic (exact) mass is 548 g/mol. The molecule has 0 spiro atoms. The molecule has 0 bridgehead atoms. The van der Waals surface area contributed by atoms with Crippen molar-refractivity contribution in [2.75, 3.05) is 13.1 Å². The summed E-state index contributed by atoms with van der Waals surface area (Å²) in [5.41, 5.74) is -0.163. The summed E-state index contributed by atoms with van der Waals surface area (Å²) in [6, 6.07) is 13.5. The first-order valence-electron chi connectivity index (χ1n) is 13.7. The van der Waals surface area contributed by atoms with Crippen LogP contribution >= 0.6 is 0 Å². The van der Waals surface area contributed by atoms with Gasteiger partial charge < -0.3 is 20.6 Å². The summed E-state index contributed by atoms with van der Waals surface area (Å²) in [6.07, 6.45) is 1.07. The lowest BCUT2D eigenvalue weighted by molar-refractivity contribution is -0.153. The smallest absolute Gasteiger partial charge is 0.264 e. The highest BCUT2D eigenvalue weighted by molar-refractivity contribution is 6.01. The largest absolute Gasteiger partial charge is 0.372 e. The average Bonchev–Trinajstić information content (AvgIpc) is 3.58. The van der Waals surface area contributed by atoms with Crippen LogP contribution in [0.4, 0.5) is 8.78 Å². The lowest BCUT2D eigenvalue weighted by atomic mass is 9.88. The number of nitrogens with one attached hydrogen (secondary N) is 2. The van der Waals surface area contributed by atoms with E-state index >= 15 is 0 Å². The number of amides is 3. The minimum Gasteiger partial charge on any atom is -0.372 e. The van der Waals surface area contributed by atoms with Gasteiger partial charge in [0, 0.05) is 42.5 Å². The maximum Gasteiger partial charge on any atom is 0.264 e. The first kappa shape index (κ1) is 26.4. The Morgan fingerprint density at radius 2 is 1.77 bits per heavy atom. The quantitative estimate of drug-likeness (QED) is 0.531. The van der Waals surface area contributed by atoms with Gasteiger partial charge in [-0.2, -0.15) is 5.26 Å². The number of piperidine rings is 1. The Morgan fingerprint density at radius 1 is 1.12 bits per heavy atom. The van der Waals surface area contributed by atoms with Gasteiger partial charge in [0.25, 0.3) is 11.8 Å². The van der Waals surface area contributed by atoms with Crippen LogP contribution in [0.5, 0.6) is 0 Å². The number of aliphatic hydroxyl groups is 1. The van der Waals surface area contributed by atoms with E-state index in [1.54, 1.807) is 48.5 Å². The van der Waals surface area contributed by atoms with Crippen molar-refractivity contribution in [1.82, 2.24) is 15.5 Å². The molecule has 2 aliphatic heterocycles. The molecule has 1 saturated carbocycles. The van der Waals surface area contributed by atoms with E-state index in [0.29, 0.717) is 35.2 Å². The Balaban J connectivity index is 1.33. The molecule has 4 aliphatic rings. The van der Waals surface area contributed by atoms with E-state index in [-0.39, 0.29) is 25.3 Å². The van der Waals surface area contributed by atoms with Crippen molar-refractivity contribution in [3.8, 4) is 17.2 Å². The van der Waals surface area contributed by atoms with E-state index < -0.39 is 59.6 Å². The Labute approximate surface area is 230 Å². The number of benzene rings is 2. The van der Waals surface area contributed by atoms with E-state index in [0.717, 1.165) is 11.3 Å². The van der Waals surface area contributed by atoms with Gasteiger partial charge in [-0.25, -0.2) is 8.78 Å². The minimum absolute atomic E-state index is 0.0351. The molecule has 0 radical (unpaired) electrons. The van der Waals surface area contributed by atoms with Crippen LogP contribution in [0.3, 0.4) is 0 Å². The molecular formula is C30H30F2N4O4. The van der Waals surface area contributed by atoms with Crippen molar-refractivity contribution in [2.45, 2.75) is 55.7 Å². The van der Waals surface area contributed by atoms with E-state index in [1.807, 2.05) is 6.07 Å². The number of rotatable bonds is 5. The first-order chi connectivity index (χ1) is 19.2. The Hall–Kier alpha value is -3.84. The average molecular weight is 549 g/mol. The number of alkyl halides is 2. The Morgan fingerprint density at radius 3 is 2.40 bits per heavy atom. The van der Waals surface area contributed by atoms with Gasteiger partial charge in [-0.1, -0.05) is 48.5 Å². The fourth-order valence-corrected chi connectivity index (χ4v) is 7.20. The minimum atomic E-state index is -3.07. The van der Waals surface area contributed by atoms with Crippen LogP contribution in [0.1, 0.15) is 43.2 Å². The van der Waals surface area contributed by atoms with Gasteiger partial charge in [0.2, 0.25) is 11.8 Å². The molecule has 0 aromatic heterocycles.